The second kappa shape index (κ2) is 8.90. The van der Waals surface area contributed by atoms with Gasteiger partial charge in [0.2, 0.25) is 0 Å². The van der Waals surface area contributed by atoms with Crippen molar-refractivity contribution in [3.8, 4) is 11.5 Å². The summed E-state index contributed by atoms with van der Waals surface area (Å²) in [6.45, 7) is 1.99. The predicted molar refractivity (Wildman–Crippen MR) is 106 cm³/mol. The van der Waals surface area contributed by atoms with Crippen molar-refractivity contribution in [2.75, 3.05) is 13.7 Å². The fraction of sp³-hybridized carbons (Fsp3) is 0.174. The van der Waals surface area contributed by atoms with Gasteiger partial charge in [-0.25, -0.2) is 0 Å². The zero-order chi connectivity index (χ0) is 19.1. The molecule has 0 radical (unpaired) electrons. The minimum absolute atomic E-state index is 0.0540. The smallest absolute Gasteiger partial charge is 0.258 e. The summed E-state index contributed by atoms with van der Waals surface area (Å²) in [7, 11) is 1.61. The molecule has 3 aromatic rings. The number of hydrogen-bond donors (Lipinski definition) is 1. The van der Waals surface area contributed by atoms with Gasteiger partial charge in [0.1, 0.15) is 11.5 Å². The average molecular weight is 361 g/mol. The molecule has 3 rings (SSSR count). The first-order valence-electron chi connectivity index (χ1n) is 8.84. The molecular formula is C23H23NO3. The first kappa shape index (κ1) is 18.5. The third-order valence-corrected chi connectivity index (χ3v) is 4.37. The van der Waals surface area contributed by atoms with Crippen LogP contribution in [0.4, 0.5) is 0 Å². The van der Waals surface area contributed by atoms with E-state index in [1.807, 2.05) is 61.5 Å². The van der Waals surface area contributed by atoms with Gasteiger partial charge in [0.05, 0.1) is 13.2 Å². The quantitative estimate of drug-likeness (QED) is 0.683. The molecule has 138 valence electrons. The van der Waals surface area contributed by atoms with Gasteiger partial charge in [0.25, 0.3) is 5.91 Å². The molecule has 0 heterocycles. The van der Waals surface area contributed by atoms with E-state index in [0.29, 0.717) is 5.75 Å². The van der Waals surface area contributed by atoms with Crippen molar-refractivity contribution in [2.45, 2.75) is 13.0 Å². The van der Waals surface area contributed by atoms with Crippen LogP contribution in [0.5, 0.6) is 11.5 Å². The van der Waals surface area contributed by atoms with Crippen molar-refractivity contribution < 1.29 is 14.3 Å². The van der Waals surface area contributed by atoms with Crippen LogP contribution in [0.15, 0.2) is 78.9 Å². The normalized spacial score (nSPS) is 11.5. The number of carbonyl (C=O) groups is 1. The average Bonchev–Trinajstić information content (AvgIpc) is 2.72. The van der Waals surface area contributed by atoms with Crippen molar-refractivity contribution >= 4 is 5.91 Å². The maximum absolute atomic E-state index is 12.5. The molecule has 0 fully saturated rings. The summed E-state index contributed by atoms with van der Waals surface area (Å²) in [5, 5.41) is 3.09. The lowest BCUT2D eigenvalue weighted by Crippen LogP contribution is -2.33. The number of benzene rings is 3. The summed E-state index contributed by atoms with van der Waals surface area (Å²) in [5.74, 6) is 1.19. The molecule has 1 unspecified atom stereocenters. The van der Waals surface area contributed by atoms with E-state index in [1.165, 1.54) is 0 Å². The molecule has 1 N–H and O–H groups in total. The molecular weight excluding hydrogens is 338 g/mol. The van der Waals surface area contributed by atoms with Crippen molar-refractivity contribution in [1.29, 1.82) is 0 Å². The maximum atomic E-state index is 12.5. The van der Waals surface area contributed by atoms with Crippen molar-refractivity contribution in [3.63, 3.8) is 0 Å². The Morgan fingerprint density at radius 2 is 1.52 bits per heavy atom. The molecule has 4 heteroatoms. The van der Waals surface area contributed by atoms with Gasteiger partial charge in [-0.2, -0.15) is 0 Å². The monoisotopic (exact) mass is 361 g/mol. The van der Waals surface area contributed by atoms with Gasteiger partial charge in [0, 0.05) is 0 Å². The van der Waals surface area contributed by atoms with E-state index in [4.69, 9.17) is 9.47 Å². The highest BCUT2D eigenvalue weighted by Crippen LogP contribution is 2.25. The molecule has 0 saturated carbocycles. The maximum Gasteiger partial charge on any atom is 0.258 e. The molecule has 27 heavy (non-hydrogen) atoms. The van der Waals surface area contributed by atoms with E-state index < -0.39 is 0 Å². The van der Waals surface area contributed by atoms with E-state index in [9.17, 15) is 4.79 Å². The van der Waals surface area contributed by atoms with Crippen molar-refractivity contribution in [1.82, 2.24) is 5.32 Å². The molecule has 1 atom stereocenters. The Bertz CT molecular complexity index is 876. The van der Waals surface area contributed by atoms with E-state index >= 15 is 0 Å². The molecule has 0 spiro atoms. The van der Waals surface area contributed by atoms with Crippen LogP contribution in [0.3, 0.4) is 0 Å². The van der Waals surface area contributed by atoms with Crippen molar-refractivity contribution in [2.24, 2.45) is 0 Å². The number of ether oxygens (including phenoxy) is 2. The third-order valence-electron chi connectivity index (χ3n) is 4.37. The molecule has 0 aliphatic heterocycles. The highest BCUT2D eigenvalue weighted by atomic mass is 16.5. The number of rotatable bonds is 7. The van der Waals surface area contributed by atoms with E-state index in [2.05, 4.69) is 5.32 Å². The third kappa shape index (κ3) is 4.88. The molecule has 0 saturated heterocycles. The van der Waals surface area contributed by atoms with Gasteiger partial charge in [-0.05, 0) is 47.9 Å². The van der Waals surface area contributed by atoms with Gasteiger partial charge in [-0.15, -0.1) is 0 Å². The Hall–Kier alpha value is -3.27. The first-order valence-corrected chi connectivity index (χ1v) is 8.84. The Balaban J connectivity index is 1.72. The first-order chi connectivity index (χ1) is 13.2. The minimum Gasteiger partial charge on any atom is -0.497 e. The molecule has 1 amide bonds. The molecule has 0 aliphatic rings. The Morgan fingerprint density at radius 1 is 0.889 bits per heavy atom. The van der Waals surface area contributed by atoms with E-state index in [1.54, 1.807) is 31.4 Å². The SMILES string of the molecule is COc1ccc(OCC(=O)NC(c2ccccc2)c2ccccc2C)cc1. The number of methoxy groups -OCH3 is 1. The van der Waals surface area contributed by atoms with Crippen molar-refractivity contribution in [3.05, 3.63) is 95.6 Å². The van der Waals surface area contributed by atoms with E-state index in [0.717, 1.165) is 22.4 Å². The van der Waals surface area contributed by atoms with Crippen LogP contribution in [0.2, 0.25) is 0 Å². The second-order valence-corrected chi connectivity index (χ2v) is 6.23. The van der Waals surface area contributed by atoms with Gasteiger partial charge in [-0.3, -0.25) is 4.79 Å². The number of nitrogens with one attached hydrogen (secondary N) is 1. The molecule has 0 bridgehead atoms. The van der Waals surface area contributed by atoms with Gasteiger partial charge in [-0.1, -0.05) is 54.6 Å². The zero-order valence-corrected chi connectivity index (χ0v) is 15.5. The van der Waals surface area contributed by atoms with Crippen LogP contribution in [-0.2, 0) is 4.79 Å². The summed E-state index contributed by atoms with van der Waals surface area (Å²) < 4.78 is 10.7. The summed E-state index contributed by atoms with van der Waals surface area (Å²) in [6, 6.07) is 24.9. The topological polar surface area (TPSA) is 47.6 Å². The minimum atomic E-state index is -0.223. The van der Waals surface area contributed by atoms with Crippen LogP contribution in [0, 0.1) is 6.92 Å². The van der Waals surface area contributed by atoms with E-state index in [-0.39, 0.29) is 18.6 Å². The van der Waals surface area contributed by atoms with Crippen LogP contribution < -0.4 is 14.8 Å². The summed E-state index contributed by atoms with van der Waals surface area (Å²) >= 11 is 0. The van der Waals surface area contributed by atoms with Gasteiger partial charge in [0.15, 0.2) is 6.61 Å². The number of hydrogen-bond acceptors (Lipinski definition) is 3. The molecule has 4 nitrogen and oxygen atoms in total. The van der Waals surface area contributed by atoms with Crippen LogP contribution in [0.1, 0.15) is 22.7 Å². The van der Waals surface area contributed by atoms with Crippen LogP contribution in [-0.4, -0.2) is 19.6 Å². The Kier molecular flexibility index (Phi) is 6.10. The van der Waals surface area contributed by atoms with Gasteiger partial charge < -0.3 is 14.8 Å². The number of amides is 1. The standard InChI is InChI=1S/C23H23NO3/c1-17-8-6-7-11-21(17)23(18-9-4-3-5-10-18)24-22(25)16-27-20-14-12-19(26-2)13-15-20/h3-15,23H,16H2,1-2H3,(H,24,25). The number of carbonyl (C=O) groups excluding carboxylic acids is 1. The molecule has 0 aromatic heterocycles. The largest absolute Gasteiger partial charge is 0.497 e. The van der Waals surface area contributed by atoms with Crippen LogP contribution in [0.25, 0.3) is 0 Å². The lowest BCUT2D eigenvalue weighted by Gasteiger charge is -2.21. The summed E-state index contributed by atoms with van der Waals surface area (Å²) in [5.41, 5.74) is 3.23. The summed E-state index contributed by atoms with van der Waals surface area (Å²) in [4.78, 5) is 12.5. The Labute approximate surface area is 159 Å². The fourth-order valence-electron chi connectivity index (χ4n) is 2.92. The lowest BCUT2D eigenvalue weighted by atomic mass is 9.95. The molecule has 0 aliphatic carbocycles. The highest BCUT2D eigenvalue weighted by Gasteiger charge is 2.18. The zero-order valence-electron chi connectivity index (χ0n) is 15.5. The highest BCUT2D eigenvalue weighted by molar-refractivity contribution is 5.78. The van der Waals surface area contributed by atoms with Crippen LogP contribution >= 0.6 is 0 Å². The predicted octanol–water partition coefficient (Wildman–Crippen LogP) is 4.29. The molecule has 3 aromatic carbocycles. The lowest BCUT2D eigenvalue weighted by molar-refractivity contribution is -0.123. The fourth-order valence-corrected chi connectivity index (χ4v) is 2.92. The van der Waals surface area contributed by atoms with Gasteiger partial charge >= 0.3 is 0 Å². The Morgan fingerprint density at radius 3 is 2.19 bits per heavy atom. The number of aryl methyl sites for hydroxylation is 1. The summed E-state index contributed by atoms with van der Waals surface area (Å²) in [6.07, 6.45) is 0. The second-order valence-electron chi connectivity index (χ2n) is 6.23.